The average molecular weight is 267 g/mol. The summed E-state index contributed by atoms with van der Waals surface area (Å²) in [5.74, 6) is 0.851. The Morgan fingerprint density at radius 3 is 2.63 bits per heavy atom. The Bertz CT molecular complexity index is 314. The maximum Gasteiger partial charge on any atom is 0.310 e. The van der Waals surface area contributed by atoms with Crippen LogP contribution < -0.4 is 0 Å². The Balaban J connectivity index is 2.02. The number of hydrogen-bond donors (Lipinski definition) is 1. The first-order valence-corrected chi connectivity index (χ1v) is 8.01. The Kier molecular flexibility index (Phi) is 4.88. The van der Waals surface area contributed by atoms with E-state index in [0.29, 0.717) is 5.92 Å². The van der Waals surface area contributed by atoms with Gasteiger partial charge in [0.2, 0.25) is 0 Å². The fourth-order valence-electron chi connectivity index (χ4n) is 3.71. The van der Waals surface area contributed by atoms with E-state index in [1.54, 1.807) is 0 Å². The summed E-state index contributed by atoms with van der Waals surface area (Å²) < 4.78 is 0. The third-order valence-electron chi connectivity index (χ3n) is 4.82. The summed E-state index contributed by atoms with van der Waals surface area (Å²) in [6.07, 6.45) is 7.83. The van der Waals surface area contributed by atoms with Crippen LogP contribution in [0.5, 0.6) is 0 Å². The molecule has 2 fully saturated rings. The quantitative estimate of drug-likeness (QED) is 0.768. The van der Waals surface area contributed by atoms with Gasteiger partial charge in [-0.1, -0.05) is 26.7 Å². The molecule has 0 aromatic heterocycles. The first-order chi connectivity index (χ1) is 9.05. The van der Waals surface area contributed by atoms with Crippen LogP contribution in [0.2, 0.25) is 0 Å². The fourth-order valence-corrected chi connectivity index (χ4v) is 3.71. The highest BCUT2D eigenvalue weighted by atomic mass is 16.4. The van der Waals surface area contributed by atoms with Crippen molar-refractivity contribution in [1.82, 2.24) is 4.90 Å². The number of hydrogen-bond acceptors (Lipinski definition) is 2. The predicted molar refractivity (Wildman–Crippen MR) is 77.2 cm³/mol. The highest BCUT2D eigenvalue weighted by Crippen LogP contribution is 2.41. The molecule has 0 aromatic carbocycles. The molecule has 1 N–H and O–H groups in total. The maximum absolute atomic E-state index is 11.8. The van der Waals surface area contributed by atoms with E-state index in [2.05, 4.69) is 18.7 Å². The van der Waals surface area contributed by atoms with E-state index in [4.69, 9.17) is 0 Å². The van der Waals surface area contributed by atoms with Gasteiger partial charge >= 0.3 is 5.97 Å². The lowest BCUT2D eigenvalue weighted by Crippen LogP contribution is -2.46. The molecule has 19 heavy (non-hydrogen) atoms. The third-order valence-corrected chi connectivity index (χ3v) is 4.82. The van der Waals surface area contributed by atoms with Crippen LogP contribution in [0.4, 0.5) is 0 Å². The standard InChI is InChI=1S/C16H29NO2/c1-3-9-17(11-14-6-7-14)12-16(15(18)19)8-4-5-13(2)10-16/h13-14H,3-12H2,1-2H3,(H,18,19). The molecule has 0 aliphatic heterocycles. The highest BCUT2D eigenvalue weighted by Gasteiger charge is 2.43. The second kappa shape index (κ2) is 6.25. The first kappa shape index (κ1) is 14.8. The normalized spacial score (nSPS) is 31.6. The summed E-state index contributed by atoms with van der Waals surface area (Å²) in [5.41, 5.74) is -0.471. The SMILES string of the molecule is CCCN(CC1CC1)CC1(C(=O)O)CCCC(C)C1. The molecule has 0 aromatic rings. The van der Waals surface area contributed by atoms with Crippen molar-refractivity contribution in [3.05, 3.63) is 0 Å². The van der Waals surface area contributed by atoms with Crippen molar-refractivity contribution in [1.29, 1.82) is 0 Å². The van der Waals surface area contributed by atoms with Crippen molar-refractivity contribution >= 4 is 5.97 Å². The summed E-state index contributed by atoms with van der Waals surface area (Å²) in [7, 11) is 0. The topological polar surface area (TPSA) is 40.5 Å². The molecule has 110 valence electrons. The molecule has 0 heterocycles. The zero-order chi connectivity index (χ0) is 13.9. The second-order valence-electron chi connectivity index (χ2n) is 6.97. The smallest absolute Gasteiger partial charge is 0.310 e. The Labute approximate surface area is 117 Å². The lowest BCUT2D eigenvalue weighted by Gasteiger charge is -2.40. The Morgan fingerprint density at radius 1 is 1.37 bits per heavy atom. The van der Waals surface area contributed by atoms with E-state index in [1.165, 1.54) is 19.3 Å². The molecule has 3 heteroatoms. The van der Waals surface area contributed by atoms with E-state index in [9.17, 15) is 9.90 Å². The van der Waals surface area contributed by atoms with Gasteiger partial charge in [-0.3, -0.25) is 4.79 Å². The van der Waals surface area contributed by atoms with Crippen LogP contribution in [-0.4, -0.2) is 35.6 Å². The minimum absolute atomic E-state index is 0.471. The number of carboxylic acids is 1. The number of aliphatic carboxylic acids is 1. The van der Waals surface area contributed by atoms with Crippen molar-refractivity contribution in [3.8, 4) is 0 Å². The molecular formula is C16H29NO2. The fraction of sp³-hybridized carbons (Fsp3) is 0.938. The van der Waals surface area contributed by atoms with E-state index >= 15 is 0 Å². The van der Waals surface area contributed by atoms with E-state index in [-0.39, 0.29) is 0 Å². The van der Waals surface area contributed by atoms with Gasteiger partial charge in [-0.2, -0.15) is 0 Å². The lowest BCUT2D eigenvalue weighted by molar-refractivity contribution is -0.153. The van der Waals surface area contributed by atoms with E-state index in [0.717, 1.165) is 51.2 Å². The molecule has 0 saturated heterocycles. The van der Waals surface area contributed by atoms with Crippen molar-refractivity contribution in [2.75, 3.05) is 19.6 Å². The molecule has 0 spiro atoms. The monoisotopic (exact) mass is 267 g/mol. The molecule has 2 unspecified atom stereocenters. The molecule has 2 atom stereocenters. The van der Waals surface area contributed by atoms with Gasteiger partial charge in [-0.05, 0) is 50.5 Å². The number of rotatable bonds is 7. The van der Waals surface area contributed by atoms with Gasteiger partial charge < -0.3 is 10.0 Å². The number of carboxylic acid groups (broad SMARTS) is 1. The zero-order valence-corrected chi connectivity index (χ0v) is 12.5. The van der Waals surface area contributed by atoms with Gasteiger partial charge in [0.15, 0.2) is 0 Å². The van der Waals surface area contributed by atoms with Gasteiger partial charge in [-0.15, -0.1) is 0 Å². The van der Waals surface area contributed by atoms with Crippen LogP contribution in [0.15, 0.2) is 0 Å². The molecule has 0 radical (unpaired) electrons. The van der Waals surface area contributed by atoms with Gasteiger partial charge in [0.05, 0.1) is 5.41 Å². The average Bonchev–Trinajstić information content (AvgIpc) is 3.13. The van der Waals surface area contributed by atoms with Gasteiger partial charge in [0.1, 0.15) is 0 Å². The third kappa shape index (κ3) is 3.95. The van der Waals surface area contributed by atoms with Crippen LogP contribution in [0.3, 0.4) is 0 Å². The maximum atomic E-state index is 11.8. The molecule has 0 bridgehead atoms. The van der Waals surface area contributed by atoms with Crippen molar-refractivity contribution in [3.63, 3.8) is 0 Å². The van der Waals surface area contributed by atoms with Crippen LogP contribution in [0.1, 0.15) is 58.8 Å². The second-order valence-corrected chi connectivity index (χ2v) is 6.97. The molecule has 2 aliphatic rings. The van der Waals surface area contributed by atoms with Gasteiger partial charge in [0.25, 0.3) is 0 Å². The van der Waals surface area contributed by atoms with Gasteiger partial charge in [-0.25, -0.2) is 0 Å². The highest BCUT2D eigenvalue weighted by molar-refractivity contribution is 5.75. The summed E-state index contributed by atoms with van der Waals surface area (Å²) >= 11 is 0. The van der Waals surface area contributed by atoms with Gasteiger partial charge in [0, 0.05) is 13.1 Å². The molecule has 2 rings (SSSR count). The molecule has 0 amide bonds. The Morgan fingerprint density at radius 2 is 2.11 bits per heavy atom. The van der Waals surface area contributed by atoms with Crippen molar-refractivity contribution in [2.24, 2.45) is 17.3 Å². The summed E-state index contributed by atoms with van der Waals surface area (Å²) in [5, 5.41) is 9.75. The number of carbonyl (C=O) groups is 1. The predicted octanol–water partition coefficient (Wildman–Crippen LogP) is 3.39. The summed E-state index contributed by atoms with van der Waals surface area (Å²) in [4.78, 5) is 14.3. The van der Waals surface area contributed by atoms with Crippen LogP contribution in [0, 0.1) is 17.3 Å². The van der Waals surface area contributed by atoms with E-state index < -0.39 is 11.4 Å². The summed E-state index contributed by atoms with van der Waals surface area (Å²) in [6, 6.07) is 0. The molecule has 2 saturated carbocycles. The van der Waals surface area contributed by atoms with Crippen molar-refractivity contribution in [2.45, 2.75) is 58.8 Å². The van der Waals surface area contributed by atoms with Crippen LogP contribution >= 0.6 is 0 Å². The number of nitrogens with zero attached hydrogens (tertiary/aromatic N) is 1. The first-order valence-electron chi connectivity index (χ1n) is 8.01. The zero-order valence-electron chi connectivity index (χ0n) is 12.5. The van der Waals surface area contributed by atoms with Crippen LogP contribution in [-0.2, 0) is 4.79 Å². The van der Waals surface area contributed by atoms with Crippen LogP contribution in [0.25, 0.3) is 0 Å². The molecule has 3 nitrogen and oxygen atoms in total. The Hall–Kier alpha value is -0.570. The van der Waals surface area contributed by atoms with E-state index in [1.807, 2.05) is 0 Å². The largest absolute Gasteiger partial charge is 0.481 e. The minimum Gasteiger partial charge on any atom is -0.481 e. The molecule has 2 aliphatic carbocycles. The summed E-state index contributed by atoms with van der Waals surface area (Å²) in [6.45, 7) is 7.35. The lowest BCUT2D eigenvalue weighted by atomic mass is 9.69. The van der Waals surface area contributed by atoms with Crippen molar-refractivity contribution < 1.29 is 9.90 Å². The minimum atomic E-state index is -0.559. The molecular weight excluding hydrogens is 238 g/mol.